The van der Waals surface area contributed by atoms with Crippen LogP contribution in [0, 0.1) is 6.92 Å². The topological polar surface area (TPSA) is 63.2 Å². The number of aryl methyl sites for hydroxylation is 1. The fourth-order valence-electron chi connectivity index (χ4n) is 2.74. The maximum absolute atomic E-state index is 12.4. The maximum Gasteiger partial charge on any atom is 0.252 e. The first-order valence-corrected chi connectivity index (χ1v) is 8.84. The third-order valence-electron chi connectivity index (χ3n) is 4.17. The van der Waals surface area contributed by atoms with Crippen LogP contribution >= 0.6 is 0 Å². The second-order valence-corrected chi connectivity index (χ2v) is 6.31. The molecule has 0 saturated heterocycles. The molecule has 0 saturated carbocycles. The summed E-state index contributed by atoms with van der Waals surface area (Å²) in [5, 5.41) is 6.22. The number of ether oxygens (including phenoxy) is 1. The van der Waals surface area contributed by atoms with Crippen molar-refractivity contribution in [3.05, 3.63) is 83.7 Å². The van der Waals surface area contributed by atoms with Crippen molar-refractivity contribution in [3.63, 3.8) is 0 Å². The van der Waals surface area contributed by atoms with Crippen LogP contribution in [-0.4, -0.2) is 24.5 Å². The van der Waals surface area contributed by atoms with Gasteiger partial charge in [0.1, 0.15) is 5.75 Å². The zero-order valence-corrected chi connectivity index (χ0v) is 15.5. The van der Waals surface area contributed by atoms with Gasteiger partial charge in [-0.3, -0.25) is 9.78 Å². The molecule has 0 fully saturated rings. The van der Waals surface area contributed by atoms with Gasteiger partial charge < -0.3 is 15.4 Å². The fraction of sp³-hybridized carbons (Fsp3) is 0.182. The zero-order chi connectivity index (χ0) is 19.1. The lowest BCUT2D eigenvalue weighted by Crippen LogP contribution is -2.25. The highest BCUT2D eigenvalue weighted by molar-refractivity contribution is 5.94. The van der Waals surface area contributed by atoms with E-state index in [9.17, 15) is 4.79 Å². The molecule has 0 aliphatic heterocycles. The molecule has 138 valence electrons. The second-order valence-electron chi connectivity index (χ2n) is 6.31. The van der Waals surface area contributed by atoms with Crippen LogP contribution in [0.15, 0.2) is 67.0 Å². The monoisotopic (exact) mass is 361 g/mol. The molecular formula is C22H23N3O2. The molecule has 3 rings (SSSR count). The predicted molar refractivity (Wildman–Crippen MR) is 108 cm³/mol. The summed E-state index contributed by atoms with van der Waals surface area (Å²) in [5.41, 5.74) is 4.59. The molecule has 0 atom stereocenters. The van der Waals surface area contributed by atoms with Crippen LogP contribution in [0.25, 0.3) is 0 Å². The molecule has 1 aromatic heterocycles. The molecule has 1 heterocycles. The van der Waals surface area contributed by atoms with Crippen LogP contribution in [0.5, 0.6) is 5.75 Å². The molecule has 5 nitrogen and oxygen atoms in total. The molecule has 0 radical (unpaired) electrons. The number of pyridine rings is 1. The van der Waals surface area contributed by atoms with Gasteiger partial charge in [0, 0.05) is 18.4 Å². The average molecular weight is 361 g/mol. The molecule has 2 aromatic carbocycles. The van der Waals surface area contributed by atoms with Gasteiger partial charge in [0.15, 0.2) is 0 Å². The summed E-state index contributed by atoms with van der Waals surface area (Å²) in [6.45, 7) is 2.59. The lowest BCUT2D eigenvalue weighted by molar-refractivity contribution is 0.0954. The number of carbonyl (C=O) groups excluding carboxylic acids is 1. The summed E-state index contributed by atoms with van der Waals surface area (Å²) in [4.78, 5) is 16.6. The van der Waals surface area contributed by atoms with E-state index in [4.69, 9.17) is 4.74 Å². The Bertz CT molecular complexity index is 907. The third-order valence-corrected chi connectivity index (χ3v) is 4.17. The number of nitrogens with one attached hydrogen (secondary N) is 2. The number of hydrogen-bond donors (Lipinski definition) is 2. The normalized spacial score (nSPS) is 10.3. The lowest BCUT2D eigenvalue weighted by Gasteiger charge is -2.09. The van der Waals surface area contributed by atoms with Crippen LogP contribution in [-0.2, 0) is 6.42 Å². The van der Waals surface area contributed by atoms with Crippen molar-refractivity contribution in [2.75, 3.05) is 19.0 Å². The van der Waals surface area contributed by atoms with Gasteiger partial charge in [0.2, 0.25) is 0 Å². The number of methoxy groups -OCH3 is 1. The number of aromatic nitrogens is 1. The van der Waals surface area contributed by atoms with Crippen molar-refractivity contribution in [1.29, 1.82) is 0 Å². The lowest BCUT2D eigenvalue weighted by atomic mass is 10.1. The number of anilines is 2. The molecule has 0 spiro atoms. The first-order chi connectivity index (χ1) is 13.1. The van der Waals surface area contributed by atoms with Gasteiger partial charge >= 0.3 is 0 Å². The first kappa shape index (κ1) is 18.5. The van der Waals surface area contributed by atoms with E-state index in [0.29, 0.717) is 12.1 Å². The first-order valence-electron chi connectivity index (χ1n) is 8.84. The van der Waals surface area contributed by atoms with Crippen LogP contribution in [0.4, 0.5) is 11.4 Å². The molecule has 0 aliphatic rings. The Morgan fingerprint density at radius 1 is 1.04 bits per heavy atom. The Kier molecular flexibility index (Phi) is 6.05. The Morgan fingerprint density at radius 3 is 2.59 bits per heavy atom. The Morgan fingerprint density at radius 2 is 1.85 bits per heavy atom. The second kappa shape index (κ2) is 8.85. The summed E-state index contributed by atoms with van der Waals surface area (Å²) in [6, 6.07) is 17.7. The highest BCUT2D eigenvalue weighted by Gasteiger charge is 2.07. The average Bonchev–Trinajstić information content (AvgIpc) is 2.69. The Labute approximate surface area is 159 Å². The Hall–Kier alpha value is -3.34. The summed E-state index contributed by atoms with van der Waals surface area (Å²) >= 11 is 0. The molecule has 27 heavy (non-hydrogen) atoms. The highest BCUT2D eigenvalue weighted by Crippen LogP contribution is 2.18. The summed E-state index contributed by atoms with van der Waals surface area (Å²) < 4.78 is 5.15. The quantitative estimate of drug-likeness (QED) is 0.665. The SMILES string of the molecule is COc1ccc(CCNC(=O)c2cncc(Nc3cccc(C)c3)c2)cc1. The van der Waals surface area contributed by atoms with Crippen molar-refractivity contribution in [3.8, 4) is 5.75 Å². The van der Waals surface area contributed by atoms with Gasteiger partial charge in [0.05, 0.1) is 24.6 Å². The van der Waals surface area contributed by atoms with E-state index in [0.717, 1.165) is 29.1 Å². The smallest absolute Gasteiger partial charge is 0.252 e. The number of amides is 1. The molecule has 0 aliphatic carbocycles. The molecule has 0 unspecified atom stereocenters. The molecule has 0 bridgehead atoms. The van der Waals surface area contributed by atoms with Crippen LogP contribution in [0.2, 0.25) is 0 Å². The summed E-state index contributed by atoms with van der Waals surface area (Å²) in [7, 11) is 1.64. The van der Waals surface area contributed by atoms with Gasteiger partial charge in [-0.2, -0.15) is 0 Å². The van der Waals surface area contributed by atoms with E-state index in [1.807, 2.05) is 55.5 Å². The van der Waals surface area contributed by atoms with Crippen molar-refractivity contribution in [1.82, 2.24) is 10.3 Å². The number of benzene rings is 2. The number of nitrogens with zero attached hydrogens (tertiary/aromatic N) is 1. The van der Waals surface area contributed by atoms with Crippen LogP contribution in [0.3, 0.4) is 0 Å². The van der Waals surface area contributed by atoms with Crippen LogP contribution in [0.1, 0.15) is 21.5 Å². The van der Waals surface area contributed by atoms with Gasteiger partial charge in [-0.25, -0.2) is 0 Å². The standard InChI is InChI=1S/C22H23N3O2/c1-16-4-3-5-19(12-16)25-20-13-18(14-23-15-20)22(26)24-11-10-17-6-8-21(27-2)9-7-17/h3-9,12-15,25H,10-11H2,1-2H3,(H,24,26). The summed E-state index contributed by atoms with van der Waals surface area (Å²) in [6.07, 6.45) is 4.03. The van der Waals surface area contributed by atoms with E-state index in [2.05, 4.69) is 15.6 Å². The van der Waals surface area contributed by atoms with E-state index in [1.165, 1.54) is 5.56 Å². The minimum absolute atomic E-state index is 0.135. The molecule has 5 heteroatoms. The third kappa shape index (κ3) is 5.31. The predicted octanol–water partition coefficient (Wildman–Crippen LogP) is 4.11. The van der Waals surface area contributed by atoms with E-state index in [-0.39, 0.29) is 5.91 Å². The fourth-order valence-corrected chi connectivity index (χ4v) is 2.74. The number of carbonyl (C=O) groups is 1. The molecule has 1 amide bonds. The summed E-state index contributed by atoms with van der Waals surface area (Å²) in [5.74, 6) is 0.690. The molecule has 3 aromatic rings. The molecule has 2 N–H and O–H groups in total. The van der Waals surface area contributed by atoms with Crippen molar-refractivity contribution >= 4 is 17.3 Å². The number of hydrogen-bond acceptors (Lipinski definition) is 4. The zero-order valence-electron chi connectivity index (χ0n) is 15.5. The largest absolute Gasteiger partial charge is 0.497 e. The van der Waals surface area contributed by atoms with Gasteiger partial charge in [-0.1, -0.05) is 24.3 Å². The van der Waals surface area contributed by atoms with Crippen molar-refractivity contribution in [2.24, 2.45) is 0 Å². The Balaban J connectivity index is 1.56. The van der Waals surface area contributed by atoms with Crippen molar-refractivity contribution < 1.29 is 9.53 Å². The number of rotatable bonds is 7. The minimum atomic E-state index is -0.135. The highest BCUT2D eigenvalue weighted by atomic mass is 16.5. The van der Waals surface area contributed by atoms with Gasteiger partial charge in [-0.05, 0) is 54.8 Å². The van der Waals surface area contributed by atoms with Gasteiger partial charge in [0.25, 0.3) is 5.91 Å². The van der Waals surface area contributed by atoms with E-state index >= 15 is 0 Å². The minimum Gasteiger partial charge on any atom is -0.497 e. The van der Waals surface area contributed by atoms with E-state index in [1.54, 1.807) is 25.6 Å². The van der Waals surface area contributed by atoms with Crippen LogP contribution < -0.4 is 15.4 Å². The van der Waals surface area contributed by atoms with E-state index < -0.39 is 0 Å². The van der Waals surface area contributed by atoms with Crippen molar-refractivity contribution in [2.45, 2.75) is 13.3 Å². The van der Waals surface area contributed by atoms with Gasteiger partial charge in [-0.15, -0.1) is 0 Å². The maximum atomic E-state index is 12.4. The molecular weight excluding hydrogens is 338 g/mol.